The predicted molar refractivity (Wildman–Crippen MR) is 91.3 cm³/mol. The van der Waals surface area contributed by atoms with Crippen LogP contribution in [0, 0.1) is 0 Å². The Bertz CT molecular complexity index is 753. The molecule has 0 aliphatic carbocycles. The average Bonchev–Trinajstić information content (AvgIpc) is 2.54. The normalized spacial score (nSPS) is 12.1. The summed E-state index contributed by atoms with van der Waals surface area (Å²) in [5.74, 6) is 0.203. The summed E-state index contributed by atoms with van der Waals surface area (Å²) in [6, 6.07) is 6.75. The number of aliphatic hydroxyl groups excluding tert-OH is 1. The molecule has 1 atom stereocenters. The Labute approximate surface area is 140 Å². The maximum absolute atomic E-state index is 11.9. The van der Waals surface area contributed by atoms with E-state index in [9.17, 15) is 9.59 Å². The third kappa shape index (κ3) is 4.58. The number of nitrogens with one attached hydrogen (secondary N) is 1. The van der Waals surface area contributed by atoms with Crippen molar-refractivity contribution in [3.8, 4) is 5.75 Å². The van der Waals surface area contributed by atoms with E-state index < -0.39 is 11.7 Å². The molecule has 2 rings (SSSR count). The SMILES string of the molecule is CCCc1cc(=O)oc2cc(OC(C)C(=O)NCCCO)ccc12. The molecule has 2 aromatic rings. The first kappa shape index (κ1) is 18.0. The summed E-state index contributed by atoms with van der Waals surface area (Å²) in [5, 5.41) is 12.3. The maximum atomic E-state index is 11.9. The van der Waals surface area contributed by atoms with Gasteiger partial charge in [-0.2, -0.15) is 0 Å². The highest BCUT2D eigenvalue weighted by atomic mass is 16.5. The van der Waals surface area contributed by atoms with E-state index in [2.05, 4.69) is 12.2 Å². The number of hydrogen-bond donors (Lipinski definition) is 2. The van der Waals surface area contributed by atoms with Gasteiger partial charge in [-0.05, 0) is 37.5 Å². The number of benzene rings is 1. The van der Waals surface area contributed by atoms with Gasteiger partial charge in [-0.25, -0.2) is 4.79 Å². The van der Waals surface area contributed by atoms with E-state index in [0.29, 0.717) is 24.3 Å². The van der Waals surface area contributed by atoms with Gasteiger partial charge >= 0.3 is 5.63 Å². The van der Waals surface area contributed by atoms with Gasteiger partial charge in [0.25, 0.3) is 5.91 Å². The van der Waals surface area contributed by atoms with Crippen LogP contribution in [-0.4, -0.2) is 30.3 Å². The van der Waals surface area contributed by atoms with Gasteiger partial charge in [0.2, 0.25) is 0 Å². The van der Waals surface area contributed by atoms with Gasteiger partial charge in [-0.15, -0.1) is 0 Å². The zero-order chi connectivity index (χ0) is 17.5. The fraction of sp³-hybridized carbons (Fsp3) is 0.444. The summed E-state index contributed by atoms with van der Waals surface area (Å²) in [5.41, 5.74) is 1.01. The number of fused-ring (bicyclic) bond motifs is 1. The van der Waals surface area contributed by atoms with E-state index in [1.165, 1.54) is 6.07 Å². The first-order valence-electron chi connectivity index (χ1n) is 8.17. The van der Waals surface area contributed by atoms with Crippen molar-refractivity contribution in [3.63, 3.8) is 0 Å². The molecule has 0 saturated carbocycles. The number of carbonyl (C=O) groups is 1. The minimum absolute atomic E-state index is 0.0271. The van der Waals surface area contributed by atoms with E-state index in [4.69, 9.17) is 14.3 Å². The van der Waals surface area contributed by atoms with Crippen molar-refractivity contribution in [3.05, 3.63) is 40.2 Å². The molecular formula is C18H23NO5. The quantitative estimate of drug-likeness (QED) is 0.570. The number of aliphatic hydroxyl groups is 1. The largest absolute Gasteiger partial charge is 0.481 e. The van der Waals surface area contributed by atoms with Crippen LogP contribution in [0.2, 0.25) is 0 Å². The molecule has 0 aliphatic rings. The van der Waals surface area contributed by atoms with Gasteiger partial charge in [0.15, 0.2) is 6.10 Å². The number of hydrogen-bond acceptors (Lipinski definition) is 5. The topological polar surface area (TPSA) is 88.8 Å². The average molecular weight is 333 g/mol. The van der Waals surface area contributed by atoms with Crippen LogP contribution in [0.4, 0.5) is 0 Å². The van der Waals surface area contributed by atoms with Gasteiger partial charge in [0.1, 0.15) is 11.3 Å². The summed E-state index contributed by atoms with van der Waals surface area (Å²) in [6.07, 6.45) is 1.54. The van der Waals surface area contributed by atoms with Gasteiger partial charge < -0.3 is 19.6 Å². The standard InChI is InChI=1S/C18H23NO5/c1-3-5-13-10-17(21)24-16-11-14(6-7-15(13)16)23-12(2)18(22)19-8-4-9-20/h6-7,10-12,20H,3-5,8-9H2,1-2H3,(H,19,22). The molecule has 1 amide bonds. The first-order chi connectivity index (χ1) is 11.5. The molecule has 6 nitrogen and oxygen atoms in total. The third-order valence-electron chi connectivity index (χ3n) is 3.64. The molecule has 1 heterocycles. The van der Waals surface area contributed by atoms with Crippen LogP contribution in [0.5, 0.6) is 5.75 Å². The van der Waals surface area contributed by atoms with Crippen molar-refractivity contribution in [2.75, 3.05) is 13.2 Å². The summed E-state index contributed by atoms with van der Waals surface area (Å²) >= 11 is 0. The highest BCUT2D eigenvalue weighted by molar-refractivity contribution is 5.83. The highest BCUT2D eigenvalue weighted by Crippen LogP contribution is 2.24. The fourth-order valence-electron chi connectivity index (χ4n) is 2.45. The number of amides is 1. The molecule has 0 bridgehead atoms. The Hall–Kier alpha value is -2.34. The summed E-state index contributed by atoms with van der Waals surface area (Å²) in [6.45, 7) is 4.12. The van der Waals surface area contributed by atoms with E-state index in [-0.39, 0.29) is 12.5 Å². The molecule has 0 fully saturated rings. The number of carbonyl (C=O) groups excluding carboxylic acids is 1. The van der Waals surface area contributed by atoms with Crippen LogP contribution in [0.1, 0.15) is 32.3 Å². The van der Waals surface area contributed by atoms with Gasteiger partial charge in [-0.1, -0.05) is 13.3 Å². The summed E-state index contributed by atoms with van der Waals surface area (Å²) in [4.78, 5) is 23.6. The molecule has 0 aliphatic heterocycles. The van der Waals surface area contributed by atoms with Gasteiger partial charge in [0, 0.05) is 30.7 Å². The van der Waals surface area contributed by atoms with E-state index in [1.807, 2.05) is 6.07 Å². The van der Waals surface area contributed by atoms with Crippen molar-refractivity contribution in [1.82, 2.24) is 5.32 Å². The minimum atomic E-state index is -0.688. The lowest BCUT2D eigenvalue weighted by Crippen LogP contribution is -2.37. The molecule has 6 heteroatoms. The van der Waals surface area contributed by atoms with Gasteiger partial charge in [0.05, 0.1) is 0 Å². The molecule has 0 radical (unpaired) electrons. The Kier molecular flexibility index (Phi) is 6.37. The second-order valence-corrected chi connectivity index (χ2v) is 5.63. The van der Waals surface area contributed by atoms with Crippen LogP contribution in [0.15, 0.2) is 33.5 Å². The van der Waals surface area contributed by atoms with Gasteiger partial charge in [-0.3, -0.25) is 4.79 Å². The maximum Gasteiger partial charge on any atom is 0.336 e. The molecule has 1 aromatic carbocycles. The predicted octanol–water partition coefficient (Wildman–Crippen LogP) is 2.01. The van der Waals surface area contributed by atoms with Crippen LogP contribution in [-0.2, 0) is 11.2 Å². The molecule has 0 spiro atoms. The highest BCUT2D eigenvalue weighted by Gasteiger charge is 2.15. The second-order valence-electron chi connectivity index (χ2n) is 5.63. The minimum Gasteiger partial charge on any atom is -0.481 e. The first-order valence-corrected chi connectivity index (χ1v) is 8.17. The van der Waals surface area contributed by atoms with E-state index in [0.717, 1.165) is 23.8 Å². The van der Waals surface area contributed by atoms with Crippen molar-refractivity contribution in [1.29, 1.82) is 0 Å². The van der Waals surface area contributed by atoms with Crippen molar-refractivity contribution in [2.45, 2.75) is 39.2 Å². The number of rotatable bonds is 8. The molecule has 0 saturated heterocycles. The lowest BCUT2D eigenvalue weighted by molar-refractivity contribution is -0.127. The molecule has 130 valence electrons. The summed E-state index contributed by atoms with van der Waals surface area (Å²) < 4.78 is 10.9. The van der Waals surface area contributed by atoms with Crippen molar-refractivity contribution < 1.29 is 19.1 Å². The van der Waals surface area contributed by atoms with Crippen molar-refractivity contribution in [2.24, 2.45) is 0 Å². The van der Waals surface area contributed by atoms with Crippen LogP contribution in [0.25, 0.3) is 11.0 Å². The molecule has 24 heavy (non-hydrogen) atoms. The fourth-order valence-corrected chi connectivity index (χ4v) is 2.45. The van der Waals surface area contributed by atoms with Crippen LogP contribution >= 0.6 is 0 Å². The lowest BCUT2D eigenvalue weighted by atomic mass is 10.1. The Morgan fingerprint density at radius 3 is 2.88 bits per heavy atom. The van der Waals surface area contributed by atoms with E-state index in [1.54, 1.807) is 19.1 Å². The lowest BCUT2D eigenvalue weighted by Gasteiger charge is -2.15. The summed E-state index contributed by atoms with van der Waals surface area (Å²) in [7, 11) is 0. The van der Waals surface area contributed by atoms with Crippen LogP contribution < -0.4 is 15.7 Å². The molecule has 1 unspecified atom stereocenters. The Balaban J connectivity index is 2.15. The number of ether oxygens (including phenoxy) is 1. The second kappa shape index (κ2) is 8.49. The zero-order valence-electron chi connectivity index (χ0n) is 14.0. The number of aryl methyl sites for hydroxylation is 1. The molecule has 2 N–H and O–H groups in total. The molecular weight excluding hydrogens is 310 g/mol. The zero-order valence-corrected chi connectivity index (χ0v) is 14.0. The monoisotopic (exact) mass is 333 g/mol. The molecule has 1 aromatic heterocycles. The smallest absolute Gasteiger partial charge is 0.336 e. The van der Waals surface area contributed by atoms with E-state index >= 15 is 0 Å². The third-order valence-corrected chi connectivity index (χ3v) is 3.64. The Morgan fingerprint density at radius 1 is 1.38 bits per heavy atom. The Morgan fingerprint density at radius 2 is 2.17 bits per heavy atom. The van der Waals surface area contributed by atoms with Crippen molar-refractivity contribution >= 4 is 16.9 Å². The van der Waals surface area contributed by atoms with Crippen LogP contribution in [0.3, 0.4) is 0 Å².